The van der Waals surface area contributed by atoms with Gasteiger partial charge in [0, 0.05) is 31.6 Å². The molecule has 3 fully saturated rings. The summed E-state index contributed by atoms with van der Waals surface area (Å²) < 4.78 is 6.34. The molecular formula is C22H27N3O4. The number of piperidine rings is 2. The van der Waals surface area contributed by atoms with Crippen LogP contribution in [0.2, 0.25) is 0 Å². The van der Waals surface area contributed by atoms with Crippen LogP contribution in [-0.2, 0) is 16.1 Å². The molecule has 1 N–H and O–H groups in total. The van der Waals surface area contributed by atoms with Crippen LogP contribution in [-0.4, -0.2) is 59.3 Å². The molecule has 2 unspecified atom stereocenters. The SMILES string of the molecule is CCN1CC(Oc2ccc3c(c2)CN(C2CCC(=O)NC2=O)C3=O)CC2(CC2)C1. The number of rotatable bonds is 4. The van der Waals surface area contributed by atoms with Crippen molar-refractivity contribution in [2.45, 2.75) is 57.7 Å². The first kappa shape index (κ1) is 18.6. The Morgan fingerprint density at radius 2 is 2.07 bits per heavy atom. The number of nitrogens with one attached hydrogen (secondary N) is 1. The Morgan fingerprint density at radius 1 is 1.24 bits per heavy atom. The van der Waals surface area contributed by atoms with Crippen LogP contribution >= 0.6 is 0 Å². The fraction of sp³-hybridized carbons (Fsp3) is 0.591. The van der Waals surface area contributed by atoms with Crippen LogP contribution < -0.4 is 10.1 Å². The van der Waals surface area contributed by atoms with E-state index in [0.29, 0.717) is 23.9 Å². The molecule has 1 aliphatic carbocycles. The van der Waals surface area contributed by atoms with Crippen molar-refractivity contribution in [2.24, 2.45) is 5.41 Å². The van der Waals surface area contributed by atoms with Gasteiger partial charge in [-0.1, -0.05) is 6.92 Å². The second kappa shape index (κ2) is 6.83. The Bertz CT molecular complexity index is 879. The molecule has 29 heavy (non-hydrogen) atoms. The second-order valence-electron chi connectivity index (χ2n) is 8.99. The third-order valence-corrected chi connectivity index (χ3v) is 6.88. The number of amides is 3. The van der Waals surface area contributed by atoms with Gasteiger partial charge in [0.25, 0.3) is 5.91 Å². The van der Waals surface area contributed by atoms with E-state index in [2.05, 4.69) is 17.1 Å². The quantitative estimate of drug-likeness (QED) is 0.783. The first-order chi connectivity index (χ1) is 14.0. The number of carbonyl (C=O) groups excluding carboxylic acids is 3. The zero-order valence-corrected chi connectivity index (χ0v) is 16.8. The lowest BCUT2D eigenvalue weighted by atomic mass is 9.93. The highest BCUT2D eigenvalue weighted by Gasteiger charge is 2.49. The largest absolute Gasteiger partial charge is 0.489 e. The summed E-state index contributed by atoms with van der Waals surface area (Å²) in [6.45, 7) is 5.75. The minimum absolute atomic E-state index is 0.146. The molecule has 1 saturated carbocycles. The monoisotopic (exact) mass is 397 g/mol. The van der Waals surface area contributed by atoms with Gasteiger partial charge in [-0.3, -0.25) is 24.6 Å². The second-order valence-corrected chi connectivity index (χ2v) is 8.99. The maximum Gasteiger partial charge on any atom is 0.255 e. The minimum atomic E-state index is -0.580. The lowest BCUT2D eigenvalue weighted by molar-refractivity contribution is -0.136. The third kappa shape index (κ3) is 3.41. The standard InChI is InChI=1S/C22H27N3O4/c1-2-24-12-16(10-22(13-24)7-8-22)29-15-3-4-17-14(9-15)11-25(21(17)28)18-5-6-19(26)23-20(18)27/h3-4,9,16,18H,2,5-8,10-13H2,1H3,(H,23,26,27). The molecule has 2 atom stereocenters. The molecule has 154 valence electrons. The maximum absolute atomic E-state index is 12.8. The molecule has 7 heteroatoms. The molecule has 3 amide bonds. The highest BCUT2D eigenvalue weighted by atomic mass is 16.5. The van der Waals surface area contributed by atoms with E-state index < -0.39 is 6.04 Å². The molecule has 2 saturated heterocycles. The molecule has 1 aromatic carbocycles. The smallest absolute Gasteiger partial charge is 0.255 e. The van der Waals surface area contributed by atoms with Crippen LogP contribution in [0.15, 0.2) is 18.2 Å². The molecule has 7 nitrogen and oxygen atoms in total. The van der Waals surface area contributed by atoms with Gasteiger partial charge in [-0.15, -0.1) is 0 Å². The van der Waals surface area contributed by atoms with Crippen LogP contribution in [0.4, 0.5) is 0 Å². The van der Waals surface area contributed by atoms with Crippen molar-refractivity contribution >= 4 is 17.7 Å². The van der Waals surface area contributed by atoms with Gasteiger partial charge in [0.2, 0.25) is 11.8 Å². The Balaban J connectivity index is 1.30. The van der Waals surface area contributed by atoms with Gasteiger partial charge in [-0.05, 0) is 61.4 Å². The summed E-state index contributed by atoms with van der Waals surface area (Å²) in [6.07, 6.45) is 4.51. The molecule has 0 radical (unpaired) electrons. The minimum Gasteiger partial charge on any atom is -0.489 e. The summed E-state index contributed by atoms with van der Waals surface area (Å²) in [4.78, 5) is 40.5. The first-order valence-electron chi connectivity index (χ1n) is 10.6. The number of carbonyl (C=O) groups is 3. The van der Waals surface area contributed by atoms with Crippen molar-refractivity contribution in [1.82, 2.24) is 15.1 Å². The number of hydrogen-bond donors (Lipinski definition) is 1. The summed E-state index contributed by atoms with van der Waals surface area (Å²) in [7, 11) is 0. The Kier molecular flexibility index (Phi) is 4.38. The van der Waals surface area contributed by atoms with Crippen LogP contribution in [0.3, 0.4) is 0 Å². The Hall–Kier alpha value is -2.41. The first-order valence-corrected chi connectivity index (χ1v) is 10.6. The topological polar surface area (TPSA) is 79.0 Å². The number of imide groups is 1. The maximum atomic E-state index is 12.8. The van der Waals surface area contributed by atoms with E-state index in [1.165, 1.54) is 19.4 Å². The van der Waals surface area contributed by atoms with E-state index >= 15 is 0 Å². The normalized spacial score (nSPS) is 28.4. The van der Waals surface area contributed by atoms with E-state index in [-0.39, 0.29) is 30.2 Å². The lowest BCUT2D eigenvalue weighted by Crippen LogP contribution is -2.52. The number of benzene rings is 1. The highest BCUT2D eigenvalue weighted by molar-refractivity contribution is 6.05. The summed E-state index contributed by atoms with van der Waals surface area (Å²) in [6, 6.07) is 5.05. The molecule has 4 aliphatic rings. The van der Waals surface area contributed by atoms with Crippen molar-refractivity contribution in [2.75, 3.05) is 19.6 Å². The fourth-order valence-corrected chi connectivity index (χ4v) is 5.11. The zero-order chi connectivity index (χ0) is 20.2. The predicted octanol–water partition coefficient (Wildman–Crippen LogP) is 1.70. The highest BCUT2D eigenvalue weighted by Crippen LogP contribution is 2.52. The van der Waals surface area contributed by atoms with E-state index in [9.17, 15) is 14.4 Å². The fourth-order valence-electron chi connectivity index (χ4n) is 5.11. The van der Waals surface area contributed by atoms with Crippen molar-refractivity contribution in [3.63, 3.8) is 0 Å². The molecule has 3 aliphatic heterocycles. The number of fused-ring (bicyclic) bond motifs is 1. The van der Waals surface area contributed by atoms with Gasteiger partial charge < -0.3 is 9.64 Å². The van der Waals surface area contributed by atoms with Gasteiger partial charge in [-0.2, -0.15) is 0 Å². The summed E-state index contributed by atoms with van der Waals surface area (Å²) in [5.74, 6) is -0.00292. The Morgan fingerprint density at radius 3 is 2.79 bits per heavy atom. The average molecular weight is 397 g/mol. The van der Waals surface area contributed by atoms with Crippen molar-refractivity contribution in [1.29, 1.82) is 0 Å². The lowest BCUT2D eigenvalue weighted by Gasteiger charge is -2.37. The van der Waals surface area contributed by atoms with E-state index in [4.69, 9.17) is 4.74 Å². The number of nitrogens with zero attached hydrogens (tertiary/aromatic N) is 2. The number of ether oxygens (including phenoxy) is 1. The van der Waals surface area contributed by atoms with Crippen LogP contribution in [0.25, 0.3) is 0 Å². The van der Waals surface area contributed by atoms with Crippen LogP contribution in [0.5, 0.6) is 5.75 Å². The van der Waals surface area contributed by atoms with E-state index in [1.54, 1.807) is 4.90 Å². The Labute approximate surface area is 170 Å². The summed E-state index contributed by atoms with van der Waals surface area (Å²) in [5, 5.41) is 2.34. The number of likely N-dealkylation sites (N-methyl/N-ethyl adjacent to an activating group) is 1. The van der Waals surface area contributed by atoms with E-state index in [0.717, 1.165) is 30.8 Å². The van der Waals surface area contributed by atoms with Crippen LogP contribution in [0, 0.1) is 5.41 Å². The molecule has 5 rings (SSSR count). The zero-order valence-electron chi connectivity index (χ0n) is 16.8. The van der Waals surface area contributed by atoms with Crippen molar-refractivity contribution < 1.29 is 19.1 Å². The van der Waals surface area contributed by atoms with E-state index in [1.807, 2.05) is 18.2 Å². The van der Waals surface area contributed by atoms with Gasteiger partial charge in [-0.25, -0.2) is 0 Å². The molecular weight excluding hydrogens is 370 g/mol. The molecule has 1 spiro atoms. The number of likely N-dealkylation sites (tertiary alicyclic amines) is 1. The van der Waals surface area contributed by atoms with Gasteiger partial charge >= 0.3 is 0 Å². The van der Waals surface area contributed by atoms with Gasteiger partial charge in [0.1, 0.15) is 17.9 Å². The molecule has 3 heterocycles. The molecule has 0 aromatic heterocycles. The van der Waals surface area contributed by atoms with Crippen LogP contribution in [0.1, 0.15) is 54.9 Å². The van der Waals surface area contributed by atoms with Crippen molar-refractivity contribution in [3.05, 3.63) is 29.3 Å². The predicted molar refractivity (Wildman–Crippen MR) is 105 cm³/mol. The number of hydrogen-bond acceptors (Lipinski definition) is 5. The van der Waals surface area contributed by atoms with Gasteiger partial charge in [0.15, 0.2) is 0 Å². The third-order valence-electron chi connectivity index (χ3n) is 6.88. The van der Waals surface area contributed by atoms with Gasteiger partial charge in [0.05, 0.1) is 0 Å². The molecule has 0 bridgehead atoms. The molecule has 1 aromatic rings. The average Bonchev–Trinajstić information content (AvgIpc) is 3.35. The summed E-state index contributed by atoms with van der Waals surface area (Å²) in [5.41, 5.74) is 1.97. The van der Waals surface area contributed by atoms with Crippen molar-refractivity contribution in [3.8, 4) is 5.75 Å². The summed E-state index contributed by atoms with van der Waals surface area (Å²) >= 11 is 0.